The van der Waals surface area contributed by atoms with E-state index >= 15 is 0 Å². The van der Waals surface area contributed by atoms with Crippen LogP contribution >= 0.6 is 0 Å². The van der Waals surface area contributed by atoms with Crippen molar-refractivity contribution >= 4 is 23.5 Å². The quantitative estimate of drug-likeness (QED) is 0.739. The second-order valence-corrected chi connectivity index (χ2v) is 5.62. The van der Waals surface area contributed by atoms with Crippen LogP contribution in [0, 0.1) is 0 Å². The second kappa shape index (κ2) is 7.62. The number of nitrogens with two attached hydrogens (primary N) is 1. The molecule has 1 saturated heterocycles. The van der Waals surface area contributed by atoms with Gasteiger partial charge in [0.25, 0.3) is 0 Å². The molecule has 7 heteroatoms. The average molecular weight is 318 g/mol. The Labute approximate surface area is 135 Å². The first-order chi connectivity index (χ1) is 11.0. The Balaban J connectivity index is 2.08. The SMILES string of the molecule is CC(=O)c1ccccc1NC(=O)N1CCCC[C@@H]1CNC(N)=O. The van der Waals surface area contributed by atoms with Gasteiger partial charge in [-0.1, -0.05) is 12.1 Å². The number of likely N-dealkylation sites (tertiary alicyclic amines) is 1. The van der Waals surface area contributed by atoms with Crippen molar-refractivity contribution < 1.29 is 14.4 Å². The van der Waals surface area contributed by atoms with Crippen molar-refractivity contribution in [1.82, 2.24) is 10.2 Å². The number of para-hydroxylation sites is 1. The van der Waals surface area contributed by atoms with Crippen molar-refractivity contribution in [3.63, 3.8) is 0 Å². The van der Waals surface area contributed by atoms with Crippen LogP contribution in [0.1, 0.15) is 36.5 Å². The zero-order valence-electron chi connectivity index (χ0n) is 13.2. The lowest BCUT2D eigenvalue weighted by atomic mass is 10.0. The molecule has 4 N–H and O–H groups in total. The fourth-order valence-electron chi connectivity index (χ4n) is 2.78. The van der Waals surface area contributed by atoms with Crippen LogP contribution in [0.2, 0.25) is 0 Å². The van der Waals surface area contributed by atoms with Gasteiger partial charge < -0.3 is 21.3 Å². The lowest BCUT2D eigenvalue weighted by molar-refractivity contribution is 0.101. The zero-order valence-corrected chi connectivity index (χ0v) is 13.2. The van der Waals surface area contributed by atoms with Crippen molar-refractivity contribution in [3.05, 3.63) is 29.8 Å². The molecule has 4 amide bonds. The minimum absolute atomic E-state index is 0.0965. The molecule has 124 valence electrons. The van der Waals surface area contributed by atoms with Crippen LogP contribution in [0.15, 0.2) is 24.3 Å². The smallest absolute Gasteiger partial charge is 0.322 e. The number of anilines is 1. The zero-order chi connectivity index (χ0) is 16.8. The molecule has 0 saturated carbocycles. The molecule has 0 aliphatic carbocycles. The van der Waals surface area contributed by atoms with E-state index in [-0.39, 0.29) is 17.9 Å². The standard InChI is InChI=1S/C16H22N4O3/c1-11(21)13-7-2-3-8-14(13)19-16(23)20-9-5-4-6-12(20)10-18-15(17)22/h2-3,7-8,12H,4-6,9-10H2,1H3,(H,19,23)(H3,17,18,22)/t12-/m1/s1. The van der Waals surface area contributed by atoms with E-state index in [1.807, 2.05) is 0 Å². The first-order valence-electron chi connectivity index (χ1n) is 7.70. The summed E-state index contributed by atoms with van der Waals surface area (Å²) in [6.45, 7) is 2.40. The monoisotopic (exact) mass is 318 g/mol. The summed E-state index contributed by atoms with van der Waals surface area (Å²) in [7, 11) is 0. The van der Waals surface area contributed by atoms with E-state index in [2.05, 4.69) is 10.6 Å². The highest BCUT2D eigenvalue weighted by atomic mass is 16.2. The molecule has 1 aliphatic heterocycles. The van der Waals surface area contributed by atoms with Crippen molar-refractivity contribution in [2.45, 2.75) is 32.2 Å². The maximum atomic E-state index is 12.6. The van der Waals surface area contributed by atoms with Gasteiger partial charge in [-0.2, -0.15) is 0 Å². The summed E-state index contributed by atoms with van der Waals surface area (Å²) in [6, 6.07) is 5.94. The second-order valence-electron chi connectivity index (χ2n) is 5.62. The number of hydrogen-bond donors (Lipinski definition) is 3. The van der Waals surface area contributed by atoms with Gasteiger partial charge >= 0.3 is 12.1 Å². The number of hydrogen-bond acceptors (Lipinski definition) is 3. The number of Topliss-reactive ketones (excluding diaryl/α,β-unsaturated/α-hetero) is 1. The molecule has 0 spiro atoms. The van der Waals surface area contributed by atoms with Crippen molar-refractivity contribution in [1.29, 1.82) is 0 Å². The predicted molar refractivity (Wildman–Crippen MR) is 87.4 cm³/mol. The Morgan fingerprint density at radius 2 is 2.00 bits per heavy atom. The summed E-state index contributed by atoms with van der Waals surface area (Å²) in [6.07, 6.45) is 2.72. The molecule has 1 heterocycles. The highest BCUT2D eigenvalue weighted by molar-refractivity contribution is 6.03. The van der Waals surface area contributed by atoms with Crippen molar-refractivity contribution in [2.75, 3.05) is 18.4 Å². The van der Waals surface area contributed by atoms with E-state index in [0.717, 1.165) is 19.3 Å². The van der Waals surface area contributed by atoms with Gasteiger partial charge in [0.1, 0.15) is 0 Å². The Morgan fingerprint density at radius 3 is 2.70 bits per heavy atom. The number of benzene rings is 1. The molecule has 2 rings (SSSR count). The maximum Gasteiger partial charge on any atom is 0.322 e. The van der Waals surface area contributed by atoms with Gasteiger partial charge in [0.15, 0.2) is 5.78 Å². The van der Waals surface area contributed by atoms with Gasteiger partial charge in [0.05, 0.1) is 11.7 Å². The third-order valence-corrected chi connectivity index (χ3v) is 3.95. The first kappa shape index (κ1) is 16.8. The summed E-state index contributed by atoms with van der Waals surface area (Å²) in [5, 5.41) is 5.36. The minimum Gasteiger partial charge on any atom is -0.352 e. The molecule has 0 aromatic heterocycles. The van der Waals surface area contributed by atoms with Crippen LogP contribution in [0.5, 0.6) is 0 Å². The molecule has 0 unspecified atom stereocenters. The highest BCUT2D eigenvalue weighted by Gasteiger charge is 2.27. The molecular formula is C16H22N4O3. The van der Waals surface area contributed by atoms with Crippen LogP contribution in [-0.4, -0.2) is 41.9 Å². The van der Waals surface area contributed by atoms with Gasteiger partial charge in [-0.3, -0.25) is 4.79 Å². The van der Waals surface area contributed by atoms with Gasteiger partial charge in [-0.15, -0.1) is 0 Å². The number of carbonyl (C=O) groups is 3. The van der Waals surface area contributed by atoms with Crippen molar-refractivity contribution in [3.8, 4) is 0 Å². The Bertz CT molecular complexity index is 603. The third-order valence-electron chi connectivity index (χ3n) is 3.95. The van der Waals surface area contributed by atoms with E-state index in [9.17, 15) is 14.4 Å². The summed E-state index contributed by atoms with van der Waals surface area (Å²) in [5.74, 6) is -0.105. The van der Waals surface area contributed by atoms with Crippen LogP contribution in [-0.2, 0) is 0 Å². The molecule has 7 nitrogen and oxygen atoms in total. The molecule has 1 aromatic carbocycles. The van der Waals surface area contributed by atoms with Gasteiger partial charge in [-0.25, -0.2) is 9.59 Å². The first-order valence-corrected chi connectivity index (χ1v) is 7.70. The molecule has 23 heavy (non-hydrogen) atoms. The largest absolute Gasteiger partial charge is 0.352 e. The number of carbonyl (C=O) groups excluding carboxylic acids is 3. The maximum absolute atomic E-state index is 12.6. The van der Waals surface area contributed by atoms with E-state index in [1.165, 1.54) is 6.92 Å². The number of primary amides is 1. The van der Waals surface area contributed by atoms with Gasteiger partial charge in [-0.05, 0) is 38.3 Å². The molecule has 1 atom stereocenters. The fraction of sp³-hybridized carbons (Fsp3) is 0.438. The van der Waals surface area contributed by atoms with E-state index in [4.69, 9.17) is 5.73 Å². The summed E-state index contributed by atoms with van der Waals surface area (Å²) in [5.41, 5.74) is 6.08. The summed E-state index contributed by atoms with van der Waals surface area (Å²) >= 11 is 0. The molecule has 0 radical (unpaired) electrons. The van der Waals surface area contributed by atoms with Gasteiger partial charge in [0.2, 0.25) is 0 Å². The normalized spacial score (nSPS) is 17.4. The summed E-state index contributed by atoms with van der Waals surface area (Å²) in [4.78, 5) is 36.8. The number of urea groups is 2. The van der Waals surface area contributed by atoms with E-state index in [0.29, 0.717) is 24.3 Å². The number of nitrogens with one attached hydrogen (secondary N) is 2. The van der Waals surface area contributed by atoms with Crippen molar-refractivity contribution in [2.24, 2.45) is 5.73 Å². The molecular weight excluding hydrogens is 296 g/mol. The molecule has 1 aliphatic rings. The number of amides is 4. The van der Waals surface area contributed by atoms with Gasteiger partial charge in [0, 0.05) is 18.7 Å². The Hall–Kier alpha value is -2.57. The topological polar surface area (TPSA) is 105 Å². The lowest BCUT2D eigenvalue weighted by Crippen LogP contribution is -2.51. The highest BCUT2D eigenvalue weighted by Crippen LogP contribution is 2.20. The molecule has 0 bridgehead atoms. The van der Waals surface area contributed by atoms with Crippen LogP contribution in [0.3, 0.4) is 0 Å². The number of nitrogens with zero attached hydrogens (tertiary/aromatic N) is 1. The Kier molecular flexibility index (Phi) is 5.56. The van der Waals surface area contributed by atoms with Crippen LogP contribution < -0.4 is 16.4 Å². The molecule has 1 fully saturated rings. The fourth-order valence-corrected chi connectivity index (χ4v) is 2.78. The predicted octanol–water partition coefficient (Wildman–Crippen LogP) is 1.94. The third kappa shape index (κ3) is 4.45. The summed E-state index contributed by atoms with van der Waals surface area (Å²) < 4.78 is 0. The average Bonchev–Trinajstić information content (AvgIpc) is 2.53. The molecule has 1 aromatic rings. The van der Waals surface area contributed by atoms with E-state index in [1.54, 1.807) is 29.2 Å². The minimum atomic E-state index is -0.599. The lowest BCUT2D eigenvalue weighted by Gasteiger charge is -2.35. The van der Waals surface area contributed by atoms with E-state index < -0.39 is 6.03 Å². The Morgan fingerprint density at radius 1 is 1.26 bits per heavy atom. The van der Waals surface area contributed by atoms with Crippen LogP contribution in [0.25, 0.3) is 0 Å². The number of piperidine rings is 1. The number of rotatable bonds is 4. The number of ketones is 1. The van der Waals surface area contributed by atoms with Crippen LogP contribution in [0.4, 0.5) is 15.3 Å².